The van der Waals surface area contributed by atoms with Gasteiger partial charge in [-0.3, -0.25) is 9.59 Å². The number of nitrogens with two attached hydrogens (primary N) is 1. The van der Waals surface area contributed by atoms with Crippen LogP contribution >= 0.6 is 22.9 Å². The van der Waals surface area contributed by atoms with Crippen LogP contribution in [0.4, 0.5) is 0 Å². The Balaban J connectivity index is 0.000000292. The molecule has 0 saturated heterocycles. The van der Waals surface area contributed by atoms with Crippen LogP contribution in [0, 0.1) is 0 Å². The van der Waals surface area contributed by atoms with Gasteiger partial charge in [0.1, 0.15) is 0 Å². The first-order valence-corrected chi connectivity index (χ1v) is 9.36. The summed E-state index contributed by atoms with van der Waals surface area (Å²) in [5.41, 5.74) is 7.03. The van der Waals surface area contributed by atoms with E-state index in [1.165, 1.54) is 11.3 Å². The van der Waals surface area contributed by atoms with Crippen molar-refractivity contribution in [3.8, 4) is 0 Å². The Morgan fingerprint density at radius 1 is 0.964 bits per heavy atom. The summed E-state index contributed by atoms with van der Waals surface area (Å²) >= 11 is 7.24. The number of carbonyl (C=O) groups excluding carboxylic acids is 2. The molecule has 0 radical (unpaired) electrons. The third kappa shape index (κ3) is 6.22. The highest BCUT2D eigenvalue weighted by atomic mass is 35.5. The second-order valence-electron chi connectivity index (χ2n) is 5.55. The fourth-order valence-electron chi connectivity index (χ4n) is 2.25. The zero-order chi connectivity index (χ0) is 20.5. The molecule has 0 aliphatic carbocycles. The van der Waals surface area contributed by atoms with Gasteiger partial charge in [0.05, 0.1) is 11.6 Å². The predicted molar refractivity (Wildman–Crippen MR) is 108 cm³/mol. The van der Waals surface area contributed by atoms with Crippen molar-refractivity contribution in [3.05, 3.63) is 93.1 Å². The van der Waals surface area contributed by atoms with Gasteiger partial charge < -0.3 is 16.2 Å². The Morgan fingerprint density at radius 3 is 2.04 bits per heavy atom. The summed E-state index contributed by atoms with van der Waals surface area (Å²) in [6, 6.07) is 17.5. The van der Waals surface area contributed by atoms with Crippen LogP contribution in [0.25, 0.3) is 0 Å². The van der Waals surface area contributed by atoms with Gasteiger partial charge in [0.15, 0.2) is 0 Å². The van der Waals surface area contributed by atoms with E-state index in [-0.39, 0.29) is 0 Å². The molecule has 2 aromatic carbocycles. The van der Waals surface area contributed by atoms with Gasteiger partial charge in [0.2, 0.25) is 0 Å². The summed E-state index contributed by atoms with van der Waals surface area (Å²) in [5, 5.41) is 14.8. The molecule has 2 amide bonds. The molecule has 0 aliphatic rings. The van der Waals surface area contributed by atoms with Gasteiger partial charge in [0.25, 0.3) is 0 Å². The molecule has 0 aliphatic heterocycles. The van der Waals surface area contributed by atoms with Crippen LogP contribution in [0.2, 0.25) is 5.02 Å². The third-order valence-electron chi connectivity index (χ3n) is 3.60. The van der Waals surface area contributed by atoms with E-state index in [1.807, 2.05) is 30.3 Å². The minimum atomic E-state index is -1.01. The second kappa shape index (κ2) is 10.2. The predicted octanol–water partition coefficient (Wildman–Crippen LogP) is 3.48. The highest BCUT2D eigenvalue weighted by molar-refractivity contribution is 7.08. The molecule has 28 heavy (non-hydrogen) atoms. The highest BCUT2D eigenvalue weighted by Gasteiger charge is 2.19. The van der Waals surface area contributed by atoms with Gasteiger partial charge in [0, 0.05) is 10.4 Å². The molecule has 3 aromatic rings. The van der Waals surface area contributed by atoms with Gasteiger partial charge >= 0.3 is 17.8 Å². The van der Waals surface area contributed by atoms with Crippen molar-refractivity contribution in [3.63, 3.8) is 0 Å². The molecule has 0 saturated carbocycles. The number of carbonyl (C=O) groups is 3. The first-order valence-electron chi connectivity index (χ1n) is 8.04. The van der Waals surface area contributed by atoms with E-state index in [1.54, 1.807) is 41.1 Å². The van der Waals surface area contributed by atoms with E-state index in [2.05, 4.69) is 5.32 Å². The second-order valence-corrected chi connectivity index (χ2v) is 6.77. The first kappa shape index (κ1) is 21.1. The minimum absolute atomic E-state index is 0.370. The Morgan fingerprint density at radius 2 is 1.57 bits per heavy atom. The van der Waals surface area contributed by atoms with E-state index in [0.717, 1.165) is 11.1 Å². The summed E-state index contributed by atoms with van der Waals surface area (Å²) in [5.74, 6) is -2.69. The molecule has 6 nitrogen and oxygen atoms in total. The fraction of sp³-hybridized carbons (Fsp3) is 0.0500. The maximum atomic E-state index is 11.6. The highest BCUT2D eigenvalue weighted by Crippen LogP contribution is 2.23. The van der Waals surface area contributed by atoms with E-state index < -0.39 is 23.8 Å². The van der Waals surface area contributed by atoms with Crippen molar-refractivity contribution in [2.75, 3.05) is 0 Å². The number of hydrogen-bond acceptors (Lipinski definition) is 4. The minimum Gasteiger partial charge on any atom is -0.478 e. The molecule has 0 bridgehead atoms. The standard InChI is InChI=1S/C15H13ClN2O2.C5H4O2S/c16-12-8-6-11(7-9-12)13(18-15(20)14(17)19)10-4-2-1-3-5-10;6-5(7)4-1-2-8-3-4/h1-9,13H,(H2,17,19)(H,18,20);1-3H,(H,6,7). The van der Waals surface area contributed by atoms with Crippen molar-refractivity contribution in [2.24, 2.45) is 5.73 Å². The number of benzene rings is 2. The number of carboxylic acids is 1. The van der Waals surface area contributed by atoms with Gasteiger partial charge in [-0.05, 0) is 34.7 Å². The summed E-state index contributed by atoms with van der Waals surface area (Å²) in [6.07, 6.45) is 0. The lowest BCUT2D eigenvalue weighted by Crippen LogP contribution is -2.38. The molecule has 1 unspecified atom stereocenters. The molecule has 0 spiro atoms. The Kier molecular flexibility index (Phi) is 7.74. The lowest BCUT2D eigenvalue weighted by Gasteiger charge is -2.19. The van der Waals surface area contributed by atoms with E-state index in [0.29, 0.717) is 10.6 Å². The van der Waals surface area contributed by atoms with Crippen molar-refractivity contribution in [2.45, 2.75) is 6.04 Å². The smallest absolute Gasteiger partial charge is 0.336 e. The number of thiophene rings is 1. The molecule has 1 atom stereocenters. The van der Waals surface area contributed by atoms with Crippen molar-refractivity contribution >= 4 is 40.7 Å². The quantitative estimate of drug-likeness (QED) is 0.565. The van der Waals surface area contributed by atoms with E-state index in [9.17, 15) is 14.4 Å². The van der Waals surface area contributed by atoms with E-state index >= 15 is 0 Å². The van der Waals surface area contributed by atoms with E-state index in [4.69, 9.17) is 22.4 Å². The molecular weight excluding hydrogens is 400 g/mol. The van der Waals surface area contributed by atoms with Gasteiger partial charge in [-0.2, -0.15) is 11.3 Å². The fourth-order valence-corrected chi connectivity index (χ4v) is 3.00. The number of aromatic carboxylic acids is 1. The van der Waals surface area contributed by atoms with Crippen LogP contribution in [-0.2, 0) is 9.59 Å². The van der Waals surface area contributed by atoms with Crippen LogP contribution in [0.5, 0.6) is 0 Å². The van der Waals surface area contributed by atoms with Gasteiger partial charge in [-0.1, -0.05) is 54.1 Å². The molecule has 144 valence electrons. The van der Waals surface area contributed by atoms with Crippen LogP contribution < -0.4 is 11.1 Å². The molecule has 1 aromatic heterocycles. The number of nitrogens with one attached hydrogen (secondary N) is 1. The van der Waals surface area contributed by atoms with Crippen molar-refractivity contribution in [1.82, 2.24) is 5.32 Å². The molecule has 4 N–H and O–H groups in total. The lowest BCUT2D eigenvalue weighted by molar-refractivity contribution is -0.137. The summed E-state index contributed by atoms with van der Waals surface area (Å²) in [6.45, 7) is 0. The zero-order valence-electron chi connectivity index (χ0n) is 14.5. The van der Waals surface area contributed by atoms with Gasteiger partial charge in [-0.25, -0.2) is 4.79 Å². The maximum Gasteiger partial charge on any atom is 0.336 e. The molecule has 0 fully saturated rings. The van der Waals surface area contributed by atoms with Crippen molar-refractivity contribution < 1.29 is 19.5 Å². The number of rotatable bonds is 4. The molecule has 8 heteroatoms. The van der Waals surface area contributed by atoms with Crippen LogP contribution in [0.3, 0.4) is 0 Å². The molecular formula is C20H17ClN2O4S. The zero-order valence-corrected chi connectivity index (χ0v) is 16.1. The topological polar surface area (TPSA) is 109 Å². The monoisotopic (exact) mass is 416 g/mol. The average Bonchev–Trinajstić information content (AvgIpc) is 3.23. The summed E-state index contributed by atoms with van der Waals surface area (Å²) < 4.78 is 0. The Bertz CT molecular complexity index is 929. The maximum absolute atomic E-state index is 11.6. The Hall–Kier alpha value is -3.16. The van der Waals surface area contributed by atoms with Crippen LogP contribution in [0.1, 0.15) is 27.5 Å². The molecule has 1 heterocycles. The lowest BCUT2D eigenvalue weighted by atomic mass is 9.98. The summed E-state index contributed by atoms with van der Waals surface area (Å²) in [4.78, 5) is 32.6. The number of hydrogen-bond donors (Lipinski definition) is 3. The molecule has 3 rings (SSSR count). The number of primary amides is 1. The van der Waals surface area contributed by atoms with Gasteiger partial charge in [-0.15, -0.1) is 0 Å². The number of amides is 2. The largest absolute Gasteiger partial charge is 0.478 e. The number of carboxylic acid groups (broad SMARTS) is 1. The average molecular weight is 417 g/mol. The normalized spacial score (nSPS) is 10.9. The SMILES string of the molecule is NC(=O)C(=O)NC(c1ccccc1)c1ccc(Cl)cc1.O=C(O)c1ccsc1. The third-order valence-corrected chi connectivity index (χ3v) is 4.54. The number of halogens is 1. The first-order chi connectivity index (χ1) is 13.4. The van der Waals surface area contributed by atoms with Crippen LogP contribution in [0.15, 0.2) is 71.4 Å². The van der Waals surface area contributed by atoms with Crippen LogP contribution in [-0.4, -0.2) is 22.9 Å². The Labute approximate surface area is 170 Å². The van der Waals surface area contributed by atoms with Crippen molar-refractivity contribution in [1.29, 1.82) is 0 Å². The summed E-state index contributed by atoms with van der Waals surface area (Å²) in [7, 11) is 0.